The van der Waals surface area contributed by atoms with E-state index in [0.717, 1.165) is 5.71 Å². The van der Waals surface area contributed by atoms with E-state index in [1.165, 1.54) is 12.1 Å². The summed E-state index contributed by atoms with van der Waals surface area (Å²) in [5.41, 5.74) is 1.31. The summed E-state index contributed by atoms with van der Waals surface area (Å²) in [7, 11) is 3.15. The lowest BCUT2D eigenvalue weighted by Gasteiger charge is -2.18. The SMILES string of the molecule is COC(CCC1=Nc2cc([N+](=O)[O-])ccc2OC1)OC. The van der Waals surface area contributed by atoms with E-state index >= 15 is 0 Å². The van der Waals surface area contributed by atoms with Gasteiger partial charge in [0.2, 0.25) is 0 Å². The molecule has 1 aliphatic rings. The van der Waals surface area contributed by atoms with Crippen LogP contribution >= 0.6 is 0 Å². The minimum Gasteiger partial charge on any atom is -0.485 e. The second kappa shape index (κ2) is 6.44. The van der Waals surface area contributed by atoms with Gasteiger partial charge in [-0.3, -0.25) is 15.1 Å². The highest BCUT2D eigenvalue weighted by molar-refractivity contribution is 5.90. The van der Waals surface area contributed by atoms with Crippen LogP contribution in [0, 0.1) is 10.1 Å². The predicted octanol–water partition coefficient (Wildman–Crippen LogP) is 2.46. The second-order valence-corrected chi connectivity index (χ2v) is 4.32. The van der Waals surface area contributed by atoms with Crippen LogP contribution in [-0.4, -0.2) is 37.8 Å². The molecule has 2 rings (SSSR count). The number of nitro benzene ring substituents is 1. The molecule has 0 amide bonds. The smallest absolute Gasteiger partial charge is 0.271 e. The highest BCUT2D eigenvalue weighted by Gasteiger charge is 2.18. The Morgan fingerprint density at radius 1 is 1.45 bits per heavy atom. The molecule has 0 saturated heterocycles. The van der Waals surface area contributed by atoms with Crippen molar-refractivity contribution < 1.29 is 19.1 Å². The number of hydrogen-bond donors (Lipinski definition) is 0. The summed E-state index contributed by atoms with van der Waals surface area (Å²) < 4.78 is 15.7. The largest absolute Gasteiger partial charge is 0.485 e. The van der Waals surface area contributed by atoms with Crippen molar-refractivity contribution >= 4 is 17.1 Å². The van der Waals surface area contributed by atoms with Crippen LogP contribution in [0.1, 0.15) is 12.8 Å². The van der Waals surface area contributed by atoms with Crippen molar-refractivity contribution in [2.45, 2.75) is 19.1 Å². The van der Waals surface area contributed by atoms with E-state index in [1.54, 1.807) is 20.3 Å². The van der Waals surface area contributed by atoms with Gasteiger partial charge in [0.15, 0.2) is 6.29 Å². The summed E-state index contributed by atoms with van der Waals surface area (Å²) in [5, 5.41) is 10.7. The third-order valence-electron chi connectivity index (χ3n) is 3.02. The fourth-order valence-corrected chi connectivity index (χ4v) is 1.94. The normalized spacial score (nSPS) is 13.7. The van der Waals surface area contributed by atoms with Crippen LogP contribution in [0.3, 0.4) is 0 Å². The maximum absolute atomic E-state index is 10.7. The van der Waals surface area contributed by atoms with Gasteiger partial charge in [-0.15, -0.1) is 0 Å². The Morgan fingerprint density at radius 3 is 2.85 bits per heavy atom. The molecule has 0 unspecified atom stereocenters. The Balaban J connectivity index is 2.10. The number of nitro groups is 1. The van der Waals surface area contributed by atoms with E-state index in [0.29, 0.717) is 30.9 Å². The Morgan fingerprint density at radius 2 is 2.20 bits per heavy atom. The van der Waals surface area contributed by atoms with Crippen molar-refractivity contribution in [2.75, 3.05) is 20.8 Å². The summed E-state index contributed by atoms with van der Waals surface area (Å²) in [5.74, 6) is 0.564. The maximum atomic E-state index is 10.7. The molecule has 0 spiro atoms. The van der Waals surface area contributed by atoms with Crippen molar-refractivity contribution in [2.24, 2.45) is 4.99 Å². The molecule has 0 N–H and O–H groups in total. The van der Waals surface area contributed by atoms with Crippen LogP contribution in [-0.2, 0) is 9.47 Å². The van der Waals surface area contributed by atoms with Gasteiger partial charge >= 0.3 is 0 Å². The lowest BCUT2D eigenvalue weighted by molar-refractivity contribution is -0.384. The highest BCUT2D eigenvalue weighted by Crippen LogP contribution is 2.34. The predicted molar refractivity (Wildman–Crippen MR) is 72.7 cm³/mol. The number of fused-ring (bicyclic) bond motifs is 1. The van der Waals surface area contributed by atoms with Crippen molar-refractivity contribution in [3.05, 3.63) is 28.3 Å². The molecule has 1 aliphatic heterocycles. The van der Waals surface area contributed by atoms with Crippen molar-refractivity contribution in [3.63, 3.8) is 0 Å². The van der Waals surface area contributed by atoms with Gasteiger partial charge in [-0.1, -0.05) is 0 Å². The maximum Gasteiger partial charge on any atom is 0.271 e. The number of non-ortho nitro benzene ring substituents is 1. The van der Waals surface area contributed by atoms with Gasteiger partial charge in [0, 0.05) is 32.8 Å². The first kappa shape index (κ1) is 14.4. The number of rotatable bonds is 6. The Bertz CT molecular complexity index is 525. The molecule has 1 heterocycles. The number of methoxy groups -OCH3 is 2. The van der Waals surface area contributed by atoms with Crippen LogP contribution in [0.25, 0.3) is 0 Å². The molecule has 0 aliphatic carbocycles. The molecule has 7 nitrogen and oxygen atoms in total. The van der Waals surface area contributed by atoms with E-state index < -0.39 is 4.92 Å². The number of nitrogens with zero attached hydrogens (tertiary/aromatic N) is 2. The quantitative estimate of drug-likeness (QED) is 0.454. The molecular formula is C13H16N2O5. The zero-order valence-corrected chi connectivity index (χ0v) is 11.4. The first-order valence-electron chi connectivity index (χ1n) is 6.17. The topological polar surface area (TPSA) is 83.2 Å². The molecule has 20 heavy (non-hydrogen) atoms. The van der Waals surface area contributed by atoms with E-state index in [9.17, 15) is 10.1 Å². The molecule has 0 bridgehead atoms. The first-order chi connectivity index (χ1) is 9.63. The van der Waals surface area contributed by atoms with E-state index in [1.807, 2.05) is 0 Å². The highest BCUT2D eigenvalue weighted by atomic mass is 16.7. The third kappa shape index (κ3) is 3.31. The first-order valence-corrected chi connectivity index (χ1v) is 6.17. The van der Waals surface area contributed by atoms with Crippen LogP contribution in [0.15, 0.2) is 23.2 Å². The van der Waals surface area contributed by atoms with E-state index in [4.69, 9.17) is 14.2 Å². The Hall–Kier alpha value is -1.99. The lowest BCUT2D eigenvalue weighted by atomic mass is 10.1. The van der Waals surface area contributed by atoms with Gasteiger partial charge in [-0.05, 0) is 12.5 Å². The standard InChI is InChI=1S/C13H16N2O5/c1-18-13(19-2)6-3-9-8-20-12-5-4-10(15(16)17)7-11(12)14-9/h4-5,7,13H,3,6,8H2,1-2H3. The zero-order valence-electron chi connectivity index (χ0n) is 11.4. The Kier molecular flexibility index (Phi) is 4.65. The summed E-state index contributed by atoms with van der Waals surface area (Å²) in [6.07, 6.45) is 1.01. The van der Waals surface area contributed by atoms with Gasteiger partial charge in [0.25, 0.3) is 5.69 Å². The number of benzene rings is 1. The minimum absolute atomic E-state index is 0.00371. The zero-order chi connectivity index (χ0) is 14.5. The lowest BCUT2D eigenvalue weighted by Crippen LogP contribution is -2.19. The van der Waals surface area contributed by atoms with Crippen molar-refractivity contribution in [1.29, 1.82) is 0 Å². The average Bonchev–Trinajstić information content (AvgIpc) is 2.47. The van der Waals surface area contributed by atoms with Gasteiger partial charge in [0.1, 0.15) is 18.0 Å². The van der Waals surface area contributed by atoms with E-state index in [-0.39, 0.29) is 12.0 Å². The van der Waals surface area contributed by atoms with Crippen LogP contribution in [0.5, 0.6) is 5.75 Å². The molecule has 0 aromatic heterocycles. The number of hydrogen-bond acceptors (Lipinski definition) is 6. The fraction of sp³-hybridized carbons (Fsp3) is 0.462. The molecule has 7 heteroatoms. The fourth-order valence-electron chi connectivity index (χ4n) is 1.94. The molecule has 0 radical (unpaired) electrons. The monoisotopic (exact) mass is 280 g/mol. The van der Waals surface area contributed by atoms with Gasteiger partial charge in [-0.2, -0.15) is 0 Å². The molecule has 0 fully saturated rings. The van der Waals surface area contributed by atoms with Crippen molar-refractivity contribution in [1.82, 2.24) is 0 Å². The third-order valence-corrected chi connectivity index (χ3v) is 3.02. The van der Waals surface area contributed by atoms with Crippen LogP contribution in [0.2, 0.25) is 0 Å². The summed E-state index contributed by atoms with van der Waals surface area (Å²) in [4.78, 5) is 14.7. The second-order valence-electron chi connectivity index (χ2n) is 4.32. The molecule has 0 saturated carbocycles. The molecule has 0 atom stereocenters. The van der Waals surface area contributed by atoms with E-state index in [2.05, 4.69) is 4.99 Å². The Labute approximate surface area is 116 Å². The minimum atomic E-state index is -0.448. The molecule has 108 valence electrons. The summed E-state index contributed by atoms with van der Waals surface area (Å²) >= 11 is 0. The van der Waals surface area contributed by atoms with Crippen LogP contribution in [0.4, 0.5) is 11.4 Å². The number of ether oxygens (including phenoxy) is 3. The molecule has 1 aromatic rings. The summed E-state index contributed by atoms with van der Waals surface area (Å²) in [6, 6.07) is 4.39. The summed E-state index contributed by atoms with van der Waals surface area (Å²) in [6.45, 7) is 0.380. The molecular weight excluding hydrogens is 264 g/mol. The van der Waals surface area contributed by atoms with Crippen molar-refractivity contribution in [3.8, 4) is 5.75 Å². The molecule has 1 aromatic carbocycles. The van der Waals surface area contributed by atoms with Gasteiger partial charge in [0.05, 0.1) is 10.6 Å². The average molecular weight is 280 g/mol. The van der Waals surface area contributed by atoms with Gasteiger partial charge in [-0.25, -0.2) is 0 Å². The number of aliphatic imine (C=N–C) groups is 1. The van der Waals surface area contributed by atoms with Gasteiger partial charge < -0.3 is 14.2 Å². The van der Waals surface area contributed by atoms with Crippen LogP contribution < -0.4 is 4.74 Å².